The fraction of sp³-hybridized carbons (Fsp3) is 1.00. The Hall–Kier alpha value is 0.394. The van der Waals surface area contributed by atoms with Gasteiger partial charge < -0.3 is 0 Å². The van der Waals surface area contributed by atoms with Crippen molar-refractivity contribution >= 4 is 0 Å². The van der Waals surface area contributed by atoms with E-state index < -0.39 is 24.7 Å². The van der Waals surface area contributed by atoms with E-state index in [9.17, 15) is 3.32 Å². The molecule has 0 aromatic heterocycles. The third-order valence-corrected chi connectivity index (χ3v) is 1.47. The maximum absolute atomic E-state index is 9.93. The number of hydrogen-bond acceptors (Lipinski definition) is 3. The zero-order chi connectivity index (χ0) is 7.28. The summed E-state index contributed by atoms with van der Waals surface area (Å²) in [5.41, 5.74) is 0. The van der Waals surface area contributed by atoms with E-state index in [0.29, 0.717) is 6.42 Å². The zero-order valence-electron chi connectivity index (χ0n) is 5.20. The van der Waals surface area contributed by atoms with Crippen molar-refractivity contribution in [1.29, 1.82) is 0 Å². The van der Waals surface area contributed by atoms with Crippen molar-refractivity contribution in [3.8, 4) is 0 Å². The molecule has 0 radical (unpaired) electrons. The van der Waals surface area contributed by atoms with Gasteiger partial charge in [0.05, 0.1) is 0 Å². The van der Waals surface area contributed by atoms with E-state index in [1.54, 1.807) is 6.92 Å². The third-order valence-electron chi connectivity index (χ3n) is 0.761. The summed E-state index contributed by atoms with van der Waals surface area (Å²) in [6, 6.07) is 0. The summed E-state index contributed by atoms with van der Waals surface area (Å²) in [6.45, 7) is 1.78. The predicted molar refractivity (Wildman–Crippen MR) is 25.2 cm³/mol. The fourth-order valence-electron chi connectivity index (χ4n) is 0.317. The van der Waals surface area contributed by atoms with Crippen molar-refractivity contribution in [1.82, 2.24) is 0 Å². The van der Waals surface area contributed by atoms with Crippen LogP contribution < -0.4 is 0 Å². The van der Waals surface area contributed by atoms with Crippen molar-refractivity contribution in [3.63, 3.8) is 0 Å². The summed E-state index contributed by atoms with van der Waals surface area (Å²) < 4.78 is 22.5. The molecule has 5 heteroatoms. The summed E-state index contributed by atoms with van der Waals surface area (Å²) in [6.07, 6.45) is -0.0400. The van der Waals surface area contributed by atoms with Gasteiger partial charge in [0, 0.05) is 0 Å². The topological polar surface area (TPSA) is 66.8 Å². The van der Waals surface area contributed by atoms with Crippen LogP contribution in [0.25, 0.3) is 0 Å². The van der Waals surface area contributed by atoms with Crippen LogP contribution in [0.1, 0.15) is 13.3 Å². The first-order valence-electron chi connectivity index (χ1n) is 2.66. The van der Waals surface area contributed by atoms with E-state index in [0.717, 1.165) is 0 Å². The maximum atomic E-state index is 9.93. The van der Waals surface area contributed by atoms with Crippen LogP contribution in [0.5, 0.6) is 0 Å². The van der Waals surface area contributed by atoms with Gasteiger partial charge in [-0.2, -0.15) is 0 Å². The molecular weight excluding hydrogens is 160 g/mol. The SMILES string of the molecule is CC(O)CC[O][Ti](=[O])[OH]. The Morgan fingerprint density at radius 2 is 2.33 bits per heavy atom. The average Bonchev–Trinajstić information content (AvgIpc) is 1.63. The second kappa shape index (κ2) is 5.20. The van der Waals surface area contributed by atoms with Gasteiger partial charge in [-0.1, -0.05) is 0 Å². The van der Waals surface area contributed by atoms with Crippen LogP contribution in [0.3, 0.4) is 0 Å². The van der Waals surface area contributed by atoms with E-state index in [1.165, 1.54) is 0 Å². The molecule has 0 bridgehead atoms. The molecule has 0 aromatic carbocycles. The van der Waals surface area contributed by atoms with E-state index in [1.807, 2.05) is 0 Å². The molecule has 0 fully saturated rings. The number of aliphatic hydroxyl groups is 1. The Bertz CT molecular complexity index is 92.6. The van der Waals surface area contributed by atoms with Crippen LogP contribution in [0.4, 0.5) is 0 Å². The van der Waals surface area contributed by atoms with E-state index in [2.05, 4.69) is 3.32 Å². The molecule has 0 rings (SSSR count). The van der Waals surface area contributed by atoms with Crippen molar-refractivity contribution in [3.05, 3.63) is 0 Å². The van der Waals surface area contributed by atoms with E-state index >= 15 is 0 Å². The molecule has 0 amide bonds. The standard InChI is InChI=1S/C4H9O2.H2O.O.Ti/c1-4(6)2-3-5;;;/h4,6H,2-3H2,1H3;1H2;;/q-1;;;+2/p-1. The quantitative estimate of drug-likeness (QED) is 0.561. The molecule has 1 unspecified atom stereocenters. The van der Waals surface area contributed by atoms with Crippen molar-refractivity contribution in [2.24, 2.45) is 0 Å². The second-order valence-corrected chi connectivity index (χ2v) is 3.03. The van der Waals surface area contributed by atoms with Crippen LogP contribution in [-0.4, -0.2) is 21.5 Å². The molecule has 0 spiro atoms. The normalized spacial score (nSPS) is 13.2. The molecule has 0 aliphatic heterocycles. The Morgan fingerprint density at radius 1 is 1.78 bits per heavy atom. The molecule has 9 heavy (non-hydrogen) atoms. The van der Waals surface area contributed by atoms with Crippen molar-refractivity contribution < 1.29 is 34.1 Å². The molecule has 0 heterocycles. The molecule has 54 valence electrons. The molecule has 1 atom stereocenters. The molecule has 0 aliphatic rings. The molecule has 4 nitrogen and oxygen atoms in total. The van der Waals surface area contributed by atoms with Gasteiger partial charge in [-0.25, -0.2) is 0 Å². The number of hydrogen-bond donors (Lipinski definition) is 2. The van der Waals surface area contributed by atoms with Gasteiger partial charge in [-0.05, 0) is 0 Å². The Balaban J connectivity index is 3.01. The first-order chi connectivity index (χ1) is 4.13. The summed E-state index contributed by atoms with van der Waals surface area (Å²) in [4.78, 5) is 0. The van der Waals surface area contributed by atoms with Crippen LogP contribution in [0.15, 0.2) is 0 Å². The van der Waals surface area contributed by atoms with Gasteiger partial charge in [-0.15, -0.1) is 0 Å². The summed E-state index contributed by atoms with van der Waals surface area (Å²) in [5, 5.41) is 8.62. The Morgan fingerprint density at radius 3 is 2.67 bits per heavy atom. The first-order valence-corrected chi connectivity index (χ1v) is 4.64. The van der Waals surface area contributed by atoms with Gasteiger partial charge >= 0.3 is 60.1 Å². The minimum atomic E-state index is -3.31. The van der Waals surface area contributed by atoms with Gasteiger partial charge in [0.15, 0.2) is 0 Å². The third kappa shape index (κ3) is 8.39. The van der Waals surface area contributed by atoms with Gasteiger partial charge in [0.2, 0.25) is 0 Å². The molecule has 0 aliphatic carbocycles. The molecule has 0 saturated carbocycles. The van der Waals surface area contributed by atoms with E-state index in [-0.39, 0.29) is 6.61 Å². The fourth-order valence-corrected chi connectivity index (χ4v) is 0.774. The predicted octanol–water partition coefficient (Wildman–Crippen LogP) is -0.440. The van der Waals surface area contributed by atoms with Crippen LogP contribution in [0.2, 0.25) is 0 Å². The van der Waals surface area contributed by atoms with Crippen LogP contribution in [-0.2, 0) is 25.3 Å². The molecule has 0 saturated heterocycles. The van der Waals surface area contributed by atoms with Crippen LogP contribution >= 0.6 is 0 Å². The van der Waals surface area contributed by atoms with Crippen molar-refractivity contribution in [2.45, 2.75) is 19.4 Å². The second-order valence-electron chi connectivity index (χ2n) is 1.75. The Kier molecular flexibility index (Phi) is 5.43. The van der Waals surface area contributed by atoms with Crippen molar-refractivity contribution in [2.75, 3.05) is 6.61 Å². The van der Waals surface area contributed by atoms with Gasteiger partial charge in [0.1, 0.15) is 0 Å². The Labute approximate surface area is 60.6 Å². The molecule has 0 aromatic rings. The molecule has 2 N–H and O–H groups in total. The van der Waals surface area contributed by atoms with Gasteiger partial charge in [0.25, 0.3) is 0 Å². The van der Waals surface area contributed by atoms with Crippen LogP contribution in [0, 0.1) is 0 Å². The zero-order valence-corrected chi connectivity index (χ0v) is 6.76. The average molecular weight is 170 g/mol. The molecular formula is C4H10O4Ti. The summed E-state index contributed by atoms with van der Waals surface area (Å²) >= 11 is -3.31. The number of aliphatic hydroxyl groups excluding tert-OH is 1. The minimum absolute atomic E-state index is 0.174. The first kappa shape index (κ1) is 9.39. The number of rotatable bonds is 4. The summed E-state index contributed by atoms with van der Waals surface area (Å²) in [5.74, 6) is 0. The monoisotopic (exact) mass is 170 g/mol. The summed E-state index contributed by atoms with van der Waals surface area (Å²) in [7, 11) is 0. The van der Waals surface area contributed by atoms with Gasteiger partial charge in [-0.3, -0.25) is 0 Å². The van der Waals surface area contributed by atoms with E-state index in [4.69, 9.17) is 8.79 Å².